The van der Waals surface area contributed by atoms with Gasteiger partial charge in [-0.05, 0) is 25.0 Å². The Balaban J connectivity index is 2.44. The van der Waals surface area contributed by atoms with Crippen LogP contribution >= 0.6 is 0 Å². The number of anilines is 1. The van der Waals surface area contributed by atoms with Crippen molar-refractivity contribution in [3.63, 3.8) is 0 Å². The molecule has 1 aromatic rings. The van der Waals surface area contributed by atoms with Gasteiger partial charge in [0.2, 0.25) is 6.79 Å². The molecular weight excluding hydrogens is 182 g/mol. The number of nitrogens with zero attached hydrogens (tertiary/aromatic N) is 1. The predicted octanol–water partition coefficient (Wildman–Crippen LogP) is 2.15. The van der Waals surface area contributed by atoms with Crippen molar-refractivity contribution in [2.75, 3.05) is 11.9 Å². The summed E-state index contributed by atoms with van der Waals surface area (Å²) in [6.45, 7) is 3.85. The Morgan fingerprint density at radius 3 is 2.43 bits per heavy atom. The molecule has 1 aliphatic heterocycles. The zero-order valence-electron chi connectivity index (χ0n) is 8.11. The van der Waals surface area contributed by atoms with Gasteiger partial charge >= 0.3 is 6.09 Å². The van der Waals surface area contributed by atoms with Crippen LogP contribution in [0.25, 0.3) is 0 Å². The summed E-state index contributed by atoms with van der Waals surface area (Å²) < 4.78 is 4.69. The number of ether oxygens (including phenoxy) is 1. The maximum atomic E-state index is 11.3. The van der Waals surface area contributed by atoms with Crippen molar-refractivity contribution in [2.24, 2.45) is 0 Å². The van der Waals surface area contributed by atoms with Gasteiger partial charge in [-0.3, -0.25) is 0 Å². The molecule has 1 fully saturated rings. The molecule has 0 spiro atoms. The summed E-state index contributed by atoms with van der Waals surface area (Å²) in [5.74, 6) is 0. The molecule has 74 valence electrons. The first-order valence-electron chi connectivity index (χ1n) is 4.36. The highest BCUT2D eigenvalue weighted by molar-refractivity contribution is 5.88. The van der Waals surface area contributed by atoms with Crippen LogP contribution in [-0.2, 0) is 9.57 Å². The quantitative estimate of drug-likeness (QED) is 0.686. The number of rotatable bonds is 1. The van der Waals surface area contributed by atoms with Gasteiger partial charge in [0, 0.05) is 0 Å². The number of hydrogen-bond acceptors (Lipinski definition) is 3. The van der Waals surface area contributed by atoms with Gasteiger partial charge in [-0.15, -0.1) is 5.06 Å². The molecule has 0 aromatic heterocycles. The summed E-state index contributed by atoms with van der Waals surface area (Å²) >= 11 is 0. The van der Waals surface area contributed by atoms with E-state index in [2.05, 4.69) is 0 Å². The van der Waals surface area contributed by atoms with Crippen LogP contribution in [0.15, 0.2) is 18.2 Å². The summed E-state index contributed by atoms with van der Waals surface area (Å²) in [6.07, 6.45) is -0.456. The molecule has 0 N–H and O–H groups in total. The van der Waals surface area contributed by atoms with Crippen molar-refractivity contribution in [2.45, 2.75) is 13.8 Å². The average molecular weight is 193 g/mol. The van der Waals surface area contributed by atoms with Crippen LogP contribution < -0.4 is 5.06 Å². The molecule has 14 heavy (non-hydrogen) atoms. The van der Waals surface area contributed by atoms with Gasteiger partial charge in [0.1, 0.15) is 0 Å². The zero-order valence-corrected chi connectivity index (χ0v) is 8.11. The molecule has 4 nitrogen and oxygen atoms in total. The van der Waals surface area contributed by atoms with Gasteiger partial charge < -0.3 is 4.74 Å². The van der Waals surface area contributed by atoms with E-state index in [1.807, 2.05) is 32.0 Å². The Bertz CT molecular complexity index is 355. The molecule has 0 saturated carbocycles. The summed E-state index contributed by atoms with van der Waals surface area (Å²) in [4.78, 5) is 16.3. The first-order chi connectivity index (χ1) is 6.70. The van der Waals surface area contributed by atoms with Gasteiger partial charge in [0.05, 0.1) is 5.69 Å². The molecule has 0 radical (unpaired) electrons. The number of para-hydroxylation sites is 1. The molecular formula is C10H11NO3. The molecule has 0 aliphatic carbocycles. The number of cyclic esters (lactones) is 1. The van der Waals surface area contributed by atoms with Crippen molar-refractivity contribution < 1.29 is 14.4 Å². The van der Waals surface area contributed by atoms with Gasteiger partial charge in [-0.2, -0.15) is 0 Å². The lowest BCUT2D eigenvalue weighted by atomic mass is 10.1. The number of aryl methyl sites for hydroxylation is 2. The van der Waals surface area contributed by atoms with Crippen LogP contribution in [0.2, 0.25) is 0 Å². The van der Waals surface area contributed by atoms with E-state index in [0.29, 0.717) is 0 Å². The second-order valence-corrected chi connectivity index (χ2v) is 3.19. The Morgan fingerprint density at radius 2 is 1.93 bits per heavy atom. The lowest BCUT2D eigenvalue weighted by Gasteiger charge is -2.15. The first-order valence-corrected chi connectivity index (χ1v) is 4.36. The van der Waals surface area contributed by atoms with E-state index in [9.17, 15) is 4.79 Å². The molecule has 2 rings (SSSR count). The number of carbonyl (C=O) groups is 1. The fourth-order valence-electron chi connectivity index (χ4n) is 1.52. The molecule has 1 aromatic carbocycles. The minimum Gasteiger partial charge on any atom is -0.418 e. The minimum absolute atomic E-state index is 0.00733. The second kappa shape index (κ2) is 3.31. The summed E-state index contributed by atoms with van der Waals surface area (Å²) in [5, 5.41) is 1.20. The highest BCUT2D eigenvalue weighted by Crippen LogP contribution is 2.27. The van der Waals surface area contributed by atoms with Gasteiger partial charge in [0.25, 0.3) is 0 Å². The van der Waals surface area contributed by atoms with Crippen molar-refractivity contribution in [3.8, 4) is 0 Å². The zero-order chi connectivity index (χ0) is 10.1. The molecule has 1 heterocycles. The monoisotopic (exact) mass is 193 g/mol. The van der Waals surface area contributed by atoms with Gasteiger partial charge in [-0.1, -0.05) is 18.2 Å². The van der Waals surface area contributed by atoms with E-state index in [0.717, 1.165) is 16.8 Å². The van der Waals surface area contributed by atoms with E-state index >= 15 is 0 Å². The normalized spacial score (nSPS) is 15.9. The van der Waals surface area contributed by atoms with Crippen LogP contribution in [-0.4, -0.2) is 12.9 Å². The topological polar surface area (TPSA) is 38.8 Å². The third-order valence-electron chi connectivity index (χ3n) is 2.17. The predicted molar refractivity (Wildman–Crippen MR) is 50.8 cm³/mol. The molecule has 0 atom stereocenters. The molecule has 4 heteroatoms. The molecule has 0 bridgehead atoms. The number of hydroxylamine groups is 1. The Morgan fingerprint density at radius 1 is 1.29 bits per heavy atom. The molecule has 1 saturated heterocycles. The van der Waals surface area contributed by atoms with Gasteiger partial charge in [-0.25, -0.2) is 9.63 Å². The third kappa shape index (κ3) is 1.33. The van der Waals surface area contributed by atoms with E-state index in [1.165, 1.54) is 5.06 Å². The van der Waals surface area contributed by atoms with Crippen molar-refractivity contribution in [1.82, 2.24) is 0 Å². The van der Waals surface area contributed by atoms with Crippen LogP contribution in [0.3, 0.4) is 0 Å². The van der Waals surface area contributed by atoms with Crippen LogP contribution in [0, 0.1) is 13.8 Å². The third-order valence-corrected chi connectivity index (χ3v) is 2.17. The minimum atomic E-state index is -0.456. The fraction of sp³-hybridized carbons (Fsp3) is 0.300. The maximum Gasteiger partial charge on any atom is 0.441 e. The van der Waals surface area contributed by atoms with Gasteiger partial charge in [0.15, 0.2) is 0 Å². The fourth-order valence-corrected chi connectivity index (χ4v) is 1.52. The highest BCUT2D eigenvalue weighted by Gasteiger charge is 2.27. The largest absolute Gasteiger partial charge is 0.441 e. The Hall–Kier alpha value is -1.55. The van der Waals surface area contributed by atoms with Crippen LogP contribution in [0.5, 0.6) is 0 Å². The molecule has 0 unspecified atom stereocenters. The van der Waals surface area contributed by atoms with E-state index < -0.39 is 6.09 Å². The Labute approximate surface area is 82.0 Å². The summed E-state index contributed by atoms with van der Waals surface area (Å²) in [6, 6.07) is 5.80. The number of amides is 1. The second-order valence-electron chi connectivity index (χ2n) is 3.19. The molecule has 1 amide bonds. The average Bonchev–Trinajstić information content (AvgIpc) is 2.52. The van der Waals surface area contributed by atoms with E-state index in [1.54, 1.807) is 0 Å². The molecule has 1 aliphatic rings. The van der Waals surface area contributed by atoms with Crippen molar-refractivity contribution >= 4 is 11.8 Å². The number of benzene rings is 1. The van der Waals surface area contributed by atoms with E-state index in [-0.39, 0.29) is 6.79 Å². The highest BCUT2D eigenvalue weighted by atomic mass is 16.9. The first kappa shape index (κ1) is 9.02. The van der Waals surface area contributed by atoms with Crippen molar-refractivity contribution in [1.29, 1.82) is 0 Å². The number of carbonyl (C=O) groups excluding carboxylic acids is 1. The maximum absolute atomic E-state index is 11.3. The lowest BCUT2D eigenvalue weighted by molar-refractivity contribution is 0.0703. The van der Waals surface area contributed by atoms with E-state index in [4.69, 9.17) is 9.57 Å². The van der Waals surface area contributed by atoms with Crippen LogP contribution in [0.1, 0.15) is 11.1 Å². The Kier molecular flexibility index (Phi) is 2.13. The lowest BCUT2D eigenvalue weighted by Crippen LogP contribution is -2.23. The summed E-state index contributed by atoms with van der Waals surface area (Å²) in [7, 11) is 0. The van der Waals surface area contributed by atoms with Crippen LogP contribution in [0.4, 0.5) is 10.5 Å². The summed E-state index contributed by atoms with van der Waals surface area (Å²) in [5.41, 5.74) is 2.75. The SMILES string of the molecule is Cc1cccc(C)c1N1OCOC1=O. The number of hydrogen-bond donors (Lipinski definition) is 0. The smallest absolute Gasteiger partial charge is 0.418 e. The standard InChI is InChI=1S/C10H11NO3/c1-7-4-3-5-8(2)9(7)11-10(12)13-6-14-11/h3-5H,6H2,1-2H3. The van der Waals surface area contributed by atoms with Crippen molar-refractivity contribution in [3.05, 3.63) is 29.3 Å².